The molecule has 0 unspecified atom stereocenters. The normalized spacial score (nSPS) is 12.9. The van der Waals surface area contributed by atoms with Crippen LogP contribution >= 0.6 is 0 Å². The molecule has 2 atom stereocenters. The van der Waals surface area contributed by atoms with E-state index in [9.17, 15) is 28.8 Å². The molecular weight excluding hydrogens is 428 g/mol. The van der Waals surface area contributed by atoms with Crippen molar-refractivity contribution in [1.29, 1.82) is 0 Å². The minimum absolute atomic E-state index is 0.371. The number of carbonyl (C=O) groups is 4. The number of rotatable bonds is 6. The first-order valence-electron chi connectivity index (χ1n) is 9.13. The quantitative estimate of drug-likeness (QED) is 0.392. The first kappa shape index (κ1) is 22.3. The van der Waals surface area contributed by atoms with Crippen LogP contribution in [0.3, 0.4) is 0 Å². The third-order valence-corrected chi connectivity index (χ3v) is 4.61. The van der Waals surface area contributed by atoms with Crippen molar-refractivity contribution < 1.29 is 28.7 Å². The molecule has 0 aliphatic carbocycles. The lowest BCUT2D eigenvalue weighted by Gasteiger charge is -2.10. The van der Waals surface area contributed by atoms with E-state index in [0.29, 0.717) is 0 Å². The van der Waals surface area contributed by atoms with Crippen molar-refractivity contribution in [2.24, 2.45) is 0 Å². The fourth-order valence-electron chi connectivity index (χ4n) is 2.98. The Balaban J connectivity index is 2.08. The number of esters is 2. The molecular formula is C18H18N6O8. The number of methoxy groups -OCH3 is 2. The Bertz CT molecular complexity index is 1260. The summed E-state index contributed by atoms with van der Waals surface area (Å²) in [5, 5.41) is 4.64. The summed E-state index contributed by atoms with van der Waals surface area (Å²) in [6, 6.07) is -2.06. The molecule has 32 heavy (non-hydrogen) atoms. The highest BCUT2D eigenvalue weighted by Gasteiger charge is 2.27. The minimum atomic E-state index is -1.03. The lowest BCUT2D eigenvalue weighted by Crippen LogP contribution is -2.40. The summed E-state index contributed by atoms with van der Waals surface area (Å²) in [5.74, 6) is -3.21. The first-order valence-corrected chi connectivity index (χ1v) is 9.13. The van der Waals surface area contributed by atoms with Gasteiger partial charge in [-0.3, -0.25) is 28.0 Å². The third-order valence-electron chi connectivity index (χ3n) is 4.61. The Kier molecular flexibility index (Phi) is 5.87. The standard InChI is InChI=1S/C18H18N6O8/c1-7(17(29)31-3)21-13(25)9-11-15(27)24-6-20-10(12(24)16(28)23(11)5-19-9)14(26)22-8(2)18(30)32-4/h5-8H,1-4H3,(H,21,25)(H,22,26)/t7-,8-/m0/s1. The fraction of sp³-hybridized carbons (Fsp3) is 0.333. The van der Waals surface area contributed by atoms with Gasteiger partial charge < -0.3 is 20.1 Å². The molecule has 3 heterocycles. The SMILES string of the molecule is COC(=O)[C@H](C)NC(=O)c1ncn2c(=O)c3c(C(=O)N[C@@H](C)C(=O)OC)ncn3c(=O)c12. The van der Waals surface area contributed by atoms with Gasteiger partial charge in [-0.2, -0.15) is 0 Å². The van der Waals surface area contributed by atoms with Crippen molar-refractivity contribution in [2.45, 2.75) is 25.9 Å². The van der Waals surface area contributed by atoms with E-state index in [0.717, 1.165) is 35.7 Å². The van der Waals surface area contributed by atoms with E-state index in [1.165, 1.54) is 13.8 Å². The molecule has 168 valence electrons. The van der Waals surface area contributed by atoms with Crippen LogP contribution in [-0.4, -0.2) is 68.8 Å². The Morgan fingerprint density at radius 2 is 1.12 bits per heavy atom. The van der Waals surface area contributed by atoms with Gasteiger partial charge in [-0.1, -0.05) is 0 Å². The lowest BCUT2D eigenvalue weighted by molar-refractivity contribution is -0.143. The zero-order valence-corrected chi connectivity index (χ0v) is 17.4. The van der Waals surface area contributed by atoms with Crippen LogP contribution in [0.15, 0.2) is 22.2 Å². The molecule has 3 rings (SSSR count). The van der Waals surface area contributed by atoms with Crippen LogP contribution in [0.5, 0.6) is 0 Å². The predicted molar refractivity (Wildman–Crippen MR) is 106 cm³/mol. The Hall–Kier alpha value is -4.36. The van der Waals surface area contributed by atoms with Crippen LogP contribution in [0.4, 0.5) is 0 Å². The number of ether oxygens (including phenoxy) is 2. The van der Waals surface area contributed by atoms with E-state index in [4.69, 9.17) is 0 Å². The number of hydrogen-bond donors (Lipinski definition) is 2. The maximum absolute atomic E-state index is 13.0. The van der Waals surface area contributed by atoms with Gasteiger partial charge in [0.05, 0.1) is 14.2 Å². The van der Waals surface area contributed by atoms with Crippen LogP contribution in [0.1, 0.15) is 34.8 Å². The van der Waals surface area contributed by atoms with Crippen LogP contribution in [0.2, 0.25) is 0 Å². The van der Waals surface area contributed by atoms with Gasteiger partial charge in [0, 0.05) is 0 Å². The van der Waals surface area contributed by atoms with E-state index in [-0.39, 0.29) is 11.0 Å². The van der Waals surface area contributed by atoms with Crippen molar-refractivity contribution >= 4 is 34.8 Å². The summed E-state index contributed by atoms with van der Waals surface area (Å²) in [7, 11) is 2.29. The number of aromatic nitrogens is 4. The highest BCUT2D eigenvalue weighted by molar-refractivity contribution is 6.02. The maximum Gasteiger partial charge on any atom is 0.328 e. The molecule has 0 saturated carbocycles. The third kappa shape index (κ3) is 3.61. The molecule has 0 spiro atoms. The highest BCUT2D eigenvalue weighted by Crippen LogP contribution is 2.09. The highest BCUT2D eigenvalue weighted by atomic mass is 16.5. The van der Waals surface area contributed by atoms with Gasteiger partial charge in [-0.15, -0.1) is 0 Å². The molecule has 3 aromatic rings. The molecule has 0 fully saturated rings. The van der Waals surface area contributed by atoms with Gasteiger partial charge in [0.2, 0.25) is 0 Å². The fourth-order valence-corrected chi connectivity index (χ4v) is 2.98. The molecule has 0 aliphatic rings. The summed E-state index contributed by atoms with van der Waals surface area (Å²) in [6.45, 7) is 2.74. The van der Waals surface area contributed by atoms with Crippen LogP contribution in [0.25, 0.3) is 11.0 Å². The van der Waals surface area contributed by atoms with E-state index in [2.05, 4.69) is 30.1 Å². The van der Waals surface area contributed by atoms with Gasteiger partial charge in [-0.05, 0) is 13.8 Å². The molecule has 14 heteroatoms. The minimum Gasteiger partial charge on any atom is -0.467 e. The molecule has 14 nitrogen and oxygen atoms in total. The lowest BCUT2D eigenvalue weighted by atomic mass is 10.2. The Morgan fingerprint density at radius 1 is 0.781 bits per heavy atom. The average molecular weight is 446 g/mol. The number of fused-ring (bicyclic) bond motifs is 2. The van der Waals surface area contributed by atoms with Crippen molar-refractivity contribution in [3.05, 3.63) is 44.8 Å². The second kappa shape index (κ2) is 8.41. The van der Waals surface area contributed by atoms with Gasteiger partial charge in [0.25, 0.3) is 22.9 Å². The predicted octanol–water partition coefficient (Wildman–Crippen LogP) is -2.28. The summed E-state index contributed by atoms with van der Waals surface area (Å²) < 4.78 is 10.7. The second-order valence-corrected chi connectivity index (χ2v) is 6.67. The summed E-state index contributed by atoms with van der Waals surface area (Å²) in [4.78, 5) is 81.6. The van der Waals surface area contributed by atoms with Crippen molar-refractivity contribution in [3.8, 4) is 0 Å². The molecule has 2 amide bonds. The number of nitrogens with one attached hydrogen (secondary N) is 2. The summed E-state index contributed by atoms with van der Waals surface area (Å²) >= 11 is 0. The number of hydrogen-bond acceptors (Lipinski definition) is 10. The molecule has 3 aromatic heterocycles. The second-order valence-electron chi connectivity index (χ2n) is 6.67. The van der Waals surface area contributed by atoms with E-state index >= 15 is 0 Å². The smallest absolute Gasteiger partial charge is 0.328 e. The monoisotopic (exact) mass is 446 g/mol. The number of amides is 2. The van der Waals surface area contributed by atoms with Gasteiger partial charge in [0.1, 0.15) is 35.8 Å². The number of carbonyl (C=O) groups excluding carboxylic acids is 4. The molecule has 0 aromatic carbocycles. The largest absolute Gasteiger partial charge is 0.467 e. The van der Waals surface area contributed by atoms with Crippen molar-refractivity contribution in [3.63, 3.8) is 0 Å². The van der Waals surface area contributed by atoms with Gasteiger partial charge in [-0.25, -0.2) is 19.6 Å². The molecule has 0 saturated heterocycles. The van der Waals surface area contributed by atoms with Gasteiger partial charge >= 0.3 is 11.9 Å². The maximum atomic E-state index is 13.0. The Morgan fingerprint density at radius 3 is 1.44 bits per heavy atom. The van der Waals surface area contributed by atoms with Crippen LogP contribution in [-0.2, 0) is 19.1 Å². The summed E-state index contributed by atoms with van der Waals surface area (Å²) in [5.41, 5.74) is -3.23. The molecule has 0 radical (unpaired) electrons. The van der Waals surface area contributed by atoms with Crippen LogP contribution in [0, 0.1) is 0 Å². The zero-order valence-electron chi connectivity index (χ0n) is 17.4. The van der Waals surface area contributed by atoms with Gasteiger partial charge in [0.15, 0.2) is 11.4 Å². The van der Waals surface area contributed by atoms with E-state index < -0.39 is 58.3 Å². The Labute approximate surface area is 178 Å². The van der Waals surface area contributed by atoms with E-state index in [1.54, 1.807) is 0 Å². The average Bonchev–Trinajstić information content (AvgIpc) is 3.41. The molecule has 0 aliphatic heterocycles. The molecule has 0 bridgehead atoms. The van der Waals surface area contributed by atoms with Crippen molar-refractivity contribution in [1.82, 2.24) is 29.4 Å². The number of imidazole rings is 2. The van der Waals surface area contributed by atoms with E-state index in [1.807, 2.05) is 0 Å². The first-order chi connectivity index (χ1) is 15.1. The van der Waals surface area contributed by atoms with Crippen LogP contribution < -0.4 is 21.8 Å². The number of nitrogens with zero attached hydrogens (tertiary/aromatic N) is 4. The molecule has 2 N–H and O–H groups in total. The summed E-state index contributed by atoms with van der Waals surface area (Å²) in [6.07, 6.45) is 1.89. The van der Waals surface area contributed by atoms with Crippen molar-refractivity contribution in [2.75, 3.05) is 14.2 Å². The topological polar surface area (TPSA) is 180 Å². The zero-order chi connectivity index (χ0) is 23.7.